The number of hydrogen-bond donors (Lipinski definition) is 0. The summed E-state index contributed by atoms with van der Waals surface area (Å²) in [6, 6.07) is 10.9. The highest BCUT2D eigenvalue weighted by atomic mass is 16.5. The molecule has 31 heavy (non-hydrogen) atoms. The Labute approximate surface area is 182 Å². The number of rotatable bonds is 8. The Hall–Kier alpha value is -3.06. The standard InChI is InChI=1S/C24H29NO6/c1-4-29-22-14-19(24(27)31-15-20-13-17(2)5-6-18(20)3)7-8-21(22)30-16-23(26)25-9-11-28-12-10-25/h5-8,13-14H,4,9-12,15-16H2,1-3H3. The maximum absolute atomic E-state index is 12.6. The maximum atomic E-state index is 12.6. The minimum atomic E-state index is -0.446. The molecule has 0 spiro atoms. The number of benzene rings is 2. The van der Waals surface area contributed by atoms with Gasteiger partial charge in [0.25, 0.3) is 5.91 Å². The Kier molecular flexibility index (Phi) is 7.89. The van der Waals surface area contributed by atoms with Crippen molar-refractivity contribution in [2.24, 2.45) is 0 Å². The van der Waals surface area contributed by atoms with Gasteiger partial charge in [0, 0.05) is 13.1 Å². The van der Waals surface area contributed by atoms with E-state index >= 15 is 0 Å². The molecule has 0 aromatic heterocycles. The summed E-state index contributed by atoms with van der Waals surface area (Å²) < 4.78 is 22.1. The van der Waals surface area contributed by atoms with Crippen LogP contribution < -0.4 is 9.47 Å². The fourth-order valence-electron chi connectivity index (χ4n) is 3.25. The number of carbonyl (C=O) groups excluding carboxylic acids is 2. The molecule has 0 bridgehead atoms. The maximum Gasteiger partial charge on any atom is 0.338 e. The van der Waals surface area contributed by atoms with Crippen LogP contribution in [0.2, 0.25) is 0 Å². The number of ether oxygens (including phenoxy) is 4. The average molecular weight is 427 g/mol. The Morgan fingerprint density at radius 1 is 1.00 bits per heavy atom. The van der Waals surface area contributed by atoms with Gasteiger partial charge in [-0.3, -0.25) is 4.79 Å². The molecule has 1 heterocycles. The minimum absolute atomic E-state index is 0.101. The van der Waals surface area contributed by atoms with Crippen molar-refractivity contribution in [1.82, 2.24) is 4.90 Å². The van der Waals surface area contributed by atoms with Gasteiger partial charge in [-0.15, -0.1) is 0 Å². The van der Waals surface area contributed by atoms with Crippen LogP contribution in [-0.4, -0.2) is 56.3 Å². The van der Waals surface area contributed by atoms with Gasteiger partial charge in [0.15, 0.2) is 18.1 Å². The van der Waals surface area contributed by atoms with E-state index in [9.17, 15) is 9.59 Å². The zero-order valence-corrected chi connectivity index (χ0v) is 18.3. The summed E-state index contributed by atoms with van der Waals surface area (Å²) in [5.41, 5.74) is 3.52. The summed E-state index contributed by atoms with van der Waals surface area (Å²) in [6.07, 6.45) is 0. The third-order valence-electron chi connectivity index (χ3n) is 5.06. The van der Waals surface area contributed by atoms with Crippen LogP contribution in [0.5, 0.6) is 11.5 Å². The van der Waals surface area contributed by atoms with Crippen molar-refractivity contribution in [2.75, 3.05) is 39.5 Å². The van der Waals surface area contributed by atoms with E-state index in [0.29, 0.717) is 50.0 Å². The number of esters is 1. The first-order valence-electron chi connectivity index (χ1n) is 10.5. The lowest BCUT2D eigenvalue weighted by atomic mass is 10.1. The molecule has 0 radical (unpaired) electrons. The second-order valence-electron chi connectivity index (χ2n) is 7.38. The van der Waals surface area contributed by atoms with E-state index in [1.54, 1.807) is 23.1 Å². The van der Waals surface area contributed by atoms with Crippen molar-refractivity contribution in [2.45, 2.75) is 27.4 Å². The molecule has 166 valence electrons. The fraction of sp³-hybridized carbons (Fsp3) is 0.417. The van der Waals surface area contributed by atoms with Crippen LogP contribution in [0.1, 0.15) is 34.0 Å². The van der Waals surface area contributed by atoms with Gasteiger partial charge in [-0.05, 0) is 50.1 Å². The van der Waals surface area contributed by atoms with E-state index in [1.165, 1.54) is 0 Å². The second-order valence-corrected chi connectivity index (χ2v) is 7.38. The van der Waals surface area contributed by atoms with Crippen molar-refractivity contribution >= 4 is 11.9 Å². The van der Waals surface area contributed by atoms with E-state index in [2.05, 4.69) is 0 Å². The highest BCUT2D eigenvalue weighted by Gasteiger charge is 2.19. The van der Waals surface area contributed by atoms with Crippen LogP contribution in [0.25, 0.3) is 0 Å². The predicted octanol–water partition coefficient (Wildman–Crippen LogP) is 3.30. The average Bonchev–Trinajstić information content (AvgIpc) is 2.79. The van der Waals surface area contributed by atoms with Crippen LogP contribution in [0.15, 0.2) is 36.4 Å². The molecular formula is C24H29NO6. The van der Waals surface area contributed by atoms with Gasteiger partial charge in [-0.1, -0.05) is 23.8 Å². The summed E-state index contributed by atoms with van der Waals surface area (Å²) in [7, 11) is 0. The number of aryl methyl sites for hydroxylation is 2. The molecule has 1 aliphatic heterocycles. The van der Waals surface area contributed by atoms with E-state index in [1.807, 2.05) is 39.0 Å². The molecular weight excluding hydrogens is 398 g/mol. The quantitative estimate of drug-likeness (QED) is 0.602. The summed E-state index contributed by atoms with van der Waals surface area (Å²) in [4.78, 5) is 26.6. The molecule has 7 nitrogen and oxygen atoms in total. The monoisotopic (exact) mass is 427 g/mol. The molecule has 2 aromatic carbocycles. The number of carbonyl (C=O) groups is 2. The molecule has 0 atom stereocenters. The smallest absolute Gasteiger partial charge is 0.338 e. The van der Waals surface area contributed by atoms with Gasteiger partial charge in [0.2, 0.25) is 0 Å². The van der Waals surface area contributed by atoms with Crippen molar-refractivity contribution in [1.29, 1.82) is 0 Å². The topological polar surface area (TPSA) is 74.3 Å². The van der Waals surface area contributed by atoms with Crippen LogP contribution in [0.3, 0.4) is 0 Å². The van der Waals surface area contributed by atoms with Gasteiger partial charge >= 0.3 is 5.97 Å². The summed E-state index contributed by atoms with van der Waals surface area (Å²) in [5.74, 6) is 0.258. The van der Waals surface area contributed by atoms with Crippen LogP contribution >= 0.6 is 0 Å². The zero-order valence-electron chi connectivity index (χ0n) is 18.3. The van der Waals surface area contributed by atoms with Gasteiger partial charge in [0.05, 0.1) is 25.4 Å². The van der Waals surface area contributed by atoms with Crippen molar-refractivity contribution in [3.05, 3.63) is 58.7 Å². The Balaban J connectivity index is 1.63. The molecule has 0 N–H and O–H groups in total. The number of morpholine rings is 1. The third-order valence-corrected chi connectivity index (χ3v) is 5.06. The molecule has 1 amide bonds. The predicted molar refractivity (Wildman–Crippen MR) is 116 cm³/mol. The first-order valence-corrected chi connectivity index (χ1v) is 10.5. The van der Waals surface area contributed by atoms with E-state index in [-0.39, 0.29) is 19.1 Å². The molecule has 1 aliphatic rings. The first-order chi connectivity index (χ1) is 15.0. The molecule has 1 fully saturated rings. The lowest BCUT2D eigenvalue weighted by Gasteiger charge is -2.26. The molecule has 2 aromatic rings. The first kappa shape index (κ1) is 22.6. The summed E-state index contributed by atoms with van der Waals surface area (Å²) in [5, 5.41) is 0. The SMILES string of the molecule is CCOc1cc(C(=O)OCc2cc(C)ccc2C)ccc1OCC(=O)N1CCOCC1. The van der Waals surface area contributed by atoms with Gasteiger partial charge < -0.3 is 23.8 Å². The number of amides is 1. The number of nitrogens with zero attached hydrogens (tertiary/aromatic N) is 1. The Morgan fingerprint density at radius 2 is 1.77 bits per heavy atom. The Morgan fingerprint density at radius 3 is 2.52 bits per heavy atom. The lowest BCUT2D eigenvalue weighted by Crippen LogP contribution is -2.43. The van der Waals surface area contributed by atoms with E-state index in [0.717, 1.165) is 16.7 Å². The molecule has 0 aliphatic carbocycles. The van der Waals surface area contributed by atoms with Crippen LogP contribution in [0.4, 0.5) is 0 Å². The van der Waals surface area contributed by atoms with Gasteiger partial charge in [-0.2, -0.15) is 0 Å². The number of hydrogen-bond acceptors (Lipinski definition) is 6. The zero-order chi connectivity index (χ0) is 22.2. The van der Waals surface area contributed by atoms with Crippen molar-refractivity contribution in [3.63, 3.8) is 0 Å². The largest absolute Gasteiger partial charge is 0.490 e. The summed E-state index contributed by atoms with van der Waals surface area (Å²) >= 11 is 0. The van der Waals surface area contributed by atoms with E-state index in [4.69, 9.17) is 18.9 Å². The minimum Gasteiger partial charge on any atom is -0.490 e. The summed E-state index contributed by atoms with van der Waals surface area (Å²) in [6.45, 7) is 8.52. The fourth-order valence-corrected chi connectivity index (χ4v) is 3.25. The lowest BCUT2D eigenvalue weighted by molar-refractivity contribution is -0.137. The molecule has 0 unspecified atom stereocenters. The highest BCUT2D eigenvalue weighted by molar-refractivity contribution is 5.90. The molecule has 7 heteroatoms. The van der Waals surface area contributed by atoms with Crippen LogP contribution in [-0.2, 0) is 20.9 Å². The molecule has 0 saturated carbocycles. The molecule has 1 saturated heterocycles. The second kappa shape index (κ2) is 10.8. The van der Waals surface area contributed by atoms with Crippen LogP contribution in [0, 0.1) is 13.8 Å². The normalized spacial score (nSPS) is 13.6. The van der Waals surface area contributed by atoms with Crippen molar-refractivity contribution < 1.29 is 28.5 Å². The third kappa shape index (κ3) is 6.21. The van der Waals surface area contributed by atoms with E-state index < -0.39 is 5.97 Å². The Bertz CT molecular complexity index is 920. The van der Waals surface area contributed by atoms with Gasteiger partial charge in [0.1, 0.15) is 6.61 Å². The highest BCUT2D eigenvalue weighted by Crippen LogP contribution is 2.29. The van der Waals surface area contributed by atoms with Gasteiger partial charge in [-0.25, -0.2) is 4.79 Å². The molecule has 3 rings (SSSR count). The van der Waals surface area contributed by atoms with Crippen molar-refractivity contribution in [3.8, 4) is 11.5 Å².